The lowest BCUT2D eigenvalue weighted by Gasteiger charge is -2.41. The summed E-state index contributed by atoms with van der Waals surface area (Å²) in [5.41, 5.74) is 1.33. The third-order valence-corrected chi connectivity index (χ3v) is 7.45. The molecule has 2 aromatic rings. The fourth-order valence-corrected chi connectivity index (χ4v) is 6.05. The van der Waals surface area contributed by atoms with E-state index in [0.717, 1.165) is 25.0 Å². The number of aryl methyl sites for hydroxylation is 1. The maximum absolute atomic E-state index is 4.34. The first-order valence-electron chi connectivity index (χ1n) is 11.2. The third kappa shape index (κ3) is 5.65. The van der Waals surface area contributed by atoms with Gasteiger partial charge < -0.3 is 4.90 Å². The topological polar surface area (TPSA) is 19.4 Å². The summed E-state index contributed by atoms with van der Waals surface area (Å²) in [4.78, 5) is 12.7. The van der Waals surface area contributed by atoms with Crippen molar-refractivity contribution in [1.82, 2.24) is 14.8 Å². The highest BCUT2D eigenvalue weighted by Gasteiger charge is 2.28. The van der Waals surface area contributed by atoms with Crippen LogP contribution in [-0.4, -0.2) is 40.5 Å². The highest BCUT2D eigenvalue weighted by atomic mass is 32.1. The summed E-state index contributed by atoms with van der Waals surface area (Å²) in [6.07, 6.45) is 13.9. The van der Waals surface area contributed by atoms with E-state index < -0.39 is 0 Å². The van der Waals surface area contributed by atoms with Crippen molar-refractivity contribution in [2.75, 3.05) is 19.6 Å². The first-order valence-corrected chi connectivity index (χ1v) is 12.0. The number of pyridine rings is 1. The predicted octanol–water partition coefficient (Wildman–Crippen LogP) is 5.50. The Labute approximate surface area is 174 Å². The molecule has 1 aliphatic carbocycles. The van der Waals surface area contributed by atoms with Gasteiger partial charge in [-0.15, -0.1) is 11.3 Å². The van der Waals surface area contributed by atoms with Crippen LogP contribution in [0.25, 0.3) is 0 Å². The highest BCUT2D eigenvalue weighted by Crippen LogP contribution is 2.28. The largest absolute Gasteiger partial charge is 0.300 e. The van der Waals surface area contributed by atoms with Crippen LogP contribution in [0.3, 0.4) is 0 Å². The van der Waals surface area contributed by atoms with Crippen LogP contribution in [-0.2, 0) is 13.1 Å². The molecule has 28 heavy (non-hydrogen) atoms. The predicted molar refractivity (Wildman–Crippen MR) is 119 cm³/mol. The Morgan fingerprint density at radius 1 is 1.07 bits per heavy atom. The fourth-order valence-electron chi connectivity index (χ4n) is 5.11. The Bertz CT molecular complexity index is 708. The molecule has 3 heterocycles. The zero-order chi connectivity index (χ0) is 19.2. The number of hydrogen-bond acceptors (Lipinski definition) is 4. The molecule has 0 radical (unpaired) electrons. The molecule has 2 aromatic heterocycles. The van der Waals surface area contributed by atoms with Crippen molar-refractivity contribution in [1.29, 1.82) is 0 Å². The van der Waals surface area contributed by atoms with Gasteiger partial charge in [0.1, 0.15) is 0 Å². The minimum atomic E-state index is 0.799. The van der Waals surface area contributed by atoms with E-state index in [9.17, 15) is 0 Å². The molecule has 2 fully saturated rings. The fraction of sp³-hybridized carbons (Fsp3) is 0.625. The van der Waals surface area contributed by atoms with E-state index in [1.54, 1.807) is 0 Å². The molecule has 152 valence electrons. The second-order valence-corrected chi connectivity index (χ2v) is 10.2. The van der Waals surface area contributed by atoms with Crippen LogP contribution >= 0.6 is 11.3 Å². The van der Waals surface area contributed by atoms with Crippen molar-refractivity contribution < 1.29 is 0 Å². The summed E-state index contributed by atoms with van der Waals surface area (Å²) in [5, 5.41) is 0. The average Bonchev–Trinajstić information content (AvgIpc) is 3.14. The molecule has 2 aliphatic rings. The maximum Gasteiger partial charge on any atom is 0.0331 e. The highest BCUT2D eigenvalue weighted by molar-refractivity contribution is 7.11. The maximum atomic E-state index is 4.34. The molecule has 0 bridgehead atoms. The van der Waals surface area contributed by atoms with Gasteiger partial charge >= 0.3 is 0 Å². The molecule has 1 saturated carbocycles. The van der Waals surface area contributed by atoms with Crippen LogP contribution in [0.2, 0.25) is 0 Å². The van der Waals surface area contributed by atoms with Crippen molar-refractivity contribution in [2.45, 2.75) is 71.0 Å². The molecular weight excluding hydrogens is 362 g/mol. The van der Waals surface area contributed by atoms with Crippen LogP contribution in [0.1, 0.15) is 60.3 Å². The molecule has 3 nitrogen and oxygen atoms in total. The second kappa shape index (κ2) is 10.00. The van der Waals surface area contributed by atoms with Crippen LogP contribution < -0.4 is 0 Å². The first kappa shape index (κ1) is 20.1. The summed E-state index contributed by atoms with van der Waals surface area (Å²) in [6.45, 7) is 8.11. The van der Waals surface area contributed by atoms with E-state index in [1.165, 1.54) is 79.9 Å². The number of rotatable bonds is 7. The second-order valence-electron chi connectivity index (χ2n) is 8.84. The Morgan fingerprint density at radius 3 is 2.71 bits per heavy atom. The zero-order valence-electron chi connectivity index (χ0n) is 17.4. The Morgan fingerprint density at radius 2 is 1.96 bits per heavy atom. The normalized spacial score (nSPS) is 22.0. The molecule has 1 atom stereocenters. The number of hydrogen-bond donors (Lipinski definition) is 0. The van der Waals surface area contributed by atoms with Gasteiger partial charge in [-0.05, 0) is 68.8 Å². The van der Waals surface area contributed by atoms with Crippen molar-refractivity contribution in [2.24, 2.45) is 5.92 Å². The van der Waals surface area contributed by atoms with Gasteiger partial charge in [-0.2, -0.15) is 0 Å². The number of thiophene rings is 1. The van der Waals surface area contributed by atoms with Gasteiger partial charge in [0.25, 0.3) is 0 Å². The quantitative estimate of drug-likeness (QED) is 0.615. The SMILES string of the molecule is Cc1ccc(CN(Cc2cccnc2)C[C@H]2CCCN(C3CCCCC3)C2)s1. The van der Waals surface area contributed by atoms with E-state index in [0.29, 0.717) is 0 Å². The summed E-state index contributed by atoms with van der Waals surface area (Å²) >= 11 is 1.94. The smallest absolute Gasteiger partial charge is 0.0331 e. The molecular formula is C24H35N3S. The lowest BCUT2D eigenvalue weighted by Crippen LogP contribution is -2.46. The van der Waals surface area contributed by atoms with Gasteiger partial charge in [0.05, 0.1) is 0 Å². The standard InChI is InChI=1S/C24H35N3S/c1-20-11-12-24(28-20)19-26(16-21-7-5-13-25-15-21)17-22-8-6-14-27(18-22)23-9-3-2-4-10-23/h5,7,11-13,15,22-23H,2-4,6,8-10,14,16-19H2,1H3/t22-/m1/s1. The lowest BCUT2D eigenvalue weighted by molar-refractivity contribution is 0.0773. The van der Waals surface area contributed by atoms with E-state index in [1.807, 2.05) is 23.7 Å². The number of aromatic nitrogens is 1. The number of nitrogens with zero attached hydrogens (tertiary/aromatic N) is 3. The molecule has 1 aliphatic heterocycles. The molecule has 4 rings (SSSR count). The average molecular weight is 398 g/mol. The van der Waals surface area contributed by atoms with E-state index in [-0.39, 0.29) is 0 Å². The molecule has 4 heteroatoms. The molecule has 0 amide bonds. The van der Waals surface area contributed by atoms with E-state index in [4.69, 9.17) is 0 Å². The Kier molecular flexibility index (Phi) is 7.16. The minimum Gasteiger partial charge on any atom is -0.300 e. The van der Waals surface area contributed by atoms with Gasteiger partial charge in [-0.1, -0.05) is 25.3 Å². The van der Waals surface area contributed by atoms with E-state index in [2.05, 4.69) is 46.0 Å². The van der Waals surface area contributed by atoms with Crippen LogP contribution in [0.15, 0.2) is 36.7 Å². The summed E-state index contributed by atoms with van der Waals surface area (Å²) in [5.74, 6) is 0.799. The summed E-state index contributed by atoms with van der Waals surface area (Å²) < 4.78 is 0. The minimum absolute atomic E-state index is 0.799. The zero-order valence-corrected chi connectivity index (χ0v) is 18.2. The summed E-state index contributed by atoms with van der Waals surface area (Å²) in [6, 6.07) is 9.71. The number of piperidine rings is 1. The van der Waals surface area contributed by atoms with Crippen molar-refractivity contribution >= 4 is 11.3 Å². The van der Waals surface area contributed by atoms with Crippen LogP contribution in [0.5, 0.6) is 0 Å². The van der Waals surface area contributed by atoms with Gasteiger partial charge in [0.2, 0.25) is 0 Å². The monoisotopic (exact) mass is 397 g/mol. The van der Waals surface area contributed by atoms with Gasteiger partial charge in [-0.25, -0.2) is 0 Å². The molecule has 0 spiro atoms. The van der Waals surface area contributed by atoms with Crippen LogP contribution in [0.4, 0.5) is 0 Å². The van der Waals surface area contributed by atoms with Gasteiger partial charge in [0, 0.05) is 54.4 Å². The Balaban J connectivity index is 1.40. The Hall–Kier alpha value is -1.23. The molecule has 1 saturated heterocycles. The molecule has 0 aromatic carbocycles. The molecule has 0 unspecified atom stereocenters. The molecule has 0 N–H and O–H groups in total. The van der Waals surface area contributed by atoms with Crippen molar-refractivity contribution in [3.05, 3.63) is 52.0 Å². The van der Waals surface area contributed by atoms with E-state index >= 15 is 0 Å². The van der Waals surface area contributed by atoms with Gasteiger partial charge in [0.15, 0.2) is 0 Å². The lowest BCUT2D eigenvalue weighted by atomic mass is 9.90. The van der Waals surface area contributed by atoms with Crippen molar-refractivity contribution in [3.8, 4) is 0 Å². The third-order valence-electron chi connectivity index (χ3n) is 6.46. The summed E-state index contributed by atoms with van der Waals surface area (Å²) in [7, 11) is 0. The number of likely N-dealkylation sites (tertiary alicyclic amines) is 1. The van der Waals surface area contributed by atoms with Gasteiger partial charge in [-0.3, -0.25) is 9.88 Å². The first-order chi connectivity index (χ1) is 13.8. The van der Waals surface area contributed by atoms with Crippen LogP contribution in [0, 0.1) is 12.8 Å². The van der Waals surface area contributed by atoms with Crippen molar-refractivity contribution in [3.63, 3.8) is 0 Å².